The SMILES string of the molecule is C=CC[S+](CC)CC.[O-][Cl+3]([O-])([O-])[O-]. The minimum atomic E-state index is -4.94. The molecule has 0 bridgehead atoms. The van der Waals surface area contributed by atoms with Crippen LogP contribution in [0.3, 0.4) is 0 Å². The monoisotopic (exact) mass is 230 g/mol. The molecule has 0 N–H and O–H groups in total. The van der Waals surface area contributed by atoms with Crippen LogP contribution in [-0.2, 0) is 10.9 Å². The first-order valence-electron chi connectivity index (χ1n) is 3.71. The Bertz CT molecular complexity index is 116. The number of halogens is 1. The highest BCUT2D eigenvalue weighted by Crippen LogP contribution is 1.94. The summed E-state index contributed by atoms with van der Waals surface area (Å²) in [6.07, 6.45) is 2.02. The third kappa shape index (κ3) is 24.5. The van der Waals surface area contributed by atoms with Crippen molar-refractivity contribution < 1.29 is 28.9 Å². The van der Waals surface area contributed by atoms with Crippen LogP contribution in [0.1, 0.15) is 13.8 Å². The van der Waals surface area contributed by atoms with Crippen LogP contribution in [0.4, 0.5) is 0 Å². The summed E-state index contributed by atoms with van der Waals surface area (Å²) in [5.74, 6) is 3.86. The standard InChI is InChI=1S/C7H15S.ClHO4/c1-4-7-8(5-2)6-3;2-1(3,4)5/h4H,1,5-7H2,2-3H3;(H,2,3,4,5)/q+1;/p-1. The summed E-state index contributed by atoms with van der Waals surface area (Å²) in [6.45, 7) is 8.20. The van der Waals surface area contributed by atoms with Crippen molar-refractivity contribution in [1.82, 2.24) is 0 Å². The van der Waals surface area contributed by atoms with Crippen LogP contribution in [0.5, 0.6) is 0 Å². The molecule has 0 unspecified atom stereocenters. The van der Waals surface area contributed by atoms with Gasteiger partial charge in [-0.2, -0.15) is 0 Å². The first-order valence-corrected chi connectivity index (χ1v) is 6.68. The molecule has 13 heavy (non-hydrogen) atoms. The summed E-state index contributed by atoms with van der Waals surface area (Å²) < 4.78 is 34.0. The van der Waals surface area contributed by atoms with Crippen LogP contribution in [-0.4, -0.2) is 17.3 Å². The van der Waals surface area contributed by atoms with Gasteiger partial charge in [0, 0.05) is 0 Å². The van der Waals surface area contributed by atoms with Gasteiger partial charge in [-0.25, -0.2) is 18.6 Å². The number of hydrogen-bond donors (Lipinski definition) is 0. The van der Waals surface area contributed by atoms with E-state index < -0.39 is 10.2 Å². The van der Waals surface area contributed by atoms with E-state index in [9.17, 15) is 0 Å². The quantitative estimate of drug-likeness (QED) is 0.382. The molecule has 4 nitrogen and oxygen atoms in total. The summed E-state index contributed by atoms with van der Waals surface area (Å²) in [4.78, 5) is 0. The van der Waals surface area contributed by atoms with Gasteiger partial charge in [-0.05, 0) is 30.8 Å². The Hall–Kier alpha value is 0.220. The van der Waals surface area contributed by atoms with Crippen molar-refractivity contribution in [2.24, 2.45) is 0 Å². The minimum Gasteiger partial charge on any atom is -0.222 e. The molecule has 0 atom stereocenters. The molecule has 0 aliphatic heterocycles. The Labute approximate surface area is 84.0 Å². The van der Waals surface area contributed by atoms with Crippen molar-refractivity contribution in [3.05, 3.63) is 12.7 Å². The lowest BCUT2D eigenvalue weighted by Crippen LogP contribution is -2.68. The smallest absolute Gasteiger partial charge is 0.126 e. The molecule has 0 aromatic carbocycles. The zero-order valence-corrected chi connectivity index (χ0v) is 9.40. The van der Waals surface area contributed by atoms with E-state index >= 15 is 0 Å². The highest BCUT2D eigenvalue weighted by molar-refractivity contribution is 7.96. The second-order valence-electron chi connectivity index (χ2n) is 2.02. The maximum Gasteiger partial charge on any atom is 0.126 e. The average molecular weight is 231 g/mol. The summed E-state index contributed by atoms with van der Waals surface area (Å²) in [5, 5.41) is 0. The van der Waals surface area contributed by atoms with Crippen molar-refractivity contribution >= 4 is 10.9 Å². The molecule has 0 spiro atoms. The molecule has 0 aliphatic carbocycles. The van der Waals surface area contributed by atoms with Crippen LogP contribution in [0.15, 0.2) is 12.7 Å². The summed E-state index contributed by atoms with van der Waals surface area (Å²) >= 11 is 0. The predicted octanol–water partition coefficient (Wildman–Crippen LogP) is -2.93. The van der Waals surface area contributed by atoms with Gasteiger partial charge in [-0.15, -0.1) is 10.2 Å². The third-order valence-corrected chi connectivity index (χ3v) is 3.51. The highest BCUT2D eigenvalue weighted by Gasteiger charge is 2.06. The van der Waals surface area contributed by atoms with E-state index in [1.54, 1.807) is 0 Å². The lowest BCUT2D eigenvalue weighted by molar-refractivity contribution is -2.00. The van der Waals surface area contributed by atoms with Crippen molar-refractivity contribution in [2.75, 3.05) is 17.3 Å². The van der Waals surface area contributed by atoms with Crippen molar-refractivity contribution in [3.8, 4) is 0 Å². The summed E-state index contributed by atoms with van der Waals surface area (Å²) in [6, 6.07) is 0. The Morgan fingerprint density at radius 2 is 1.46 bits per heavy atom. The van der Waals surface area contributed by atoms with E-state index in [1.165, 1.54) is 17.3 Å². The van der Waals surface area contributed by atoms with Crippen molar-refractivity contribution in [1.29, 1.82) is 0 Å². The number of rotatable bonds is 4. The molecule has 80 valence electrons. The van der Waals surface area contributed by atoms with Gasteiger partial charge in [0.1, 0.15) is 17.3 Å². The molecule has 0 radical (unpaired) electrons. The van der Waals surface area contributed by atoms with Gasteiger partial charge in [-0.1, -0.05) is 6.58 Å². The maximum absolute atomic E-state index is 8.49. The van der Waals surface area contributed by atoms with Gasteiger partial charge < -0.3 is 0 Å². The Balaban J connectivity index is 0. The van der Waals surface area contributed by atoms with E-state index in [1.807, 2.05) is 6.08 Å². The Morgan fingerprint density at radius 3 is 1.54 bits per heavy atom. The van der Waals surface area contributed by atoms with Gasteiger partial charge in [0.2, 0.25) is 0 Å². The Kier molecular flexibility index (Phi) is 10.6. The number of hydrogen-bond acceptors (Lipinski definition) is 4. The van der Waals surface area contributed by atoms with Gasteiger partial charge >= 0.3 is 0 Å². The molecule has 0 aromatic rings. The average Bonchev–Trinajstić information content (AvgIpc) is 1.97. The second-order valence-corrected chi connectivity index (χ2v) is 5.49. The largest absolute Gasteiger partial charge is 0.222 e. The van der Waals surface area contributed by atoms with Crippen LogP contribution in [0.25, 0.3) is 0 Å². The van der Waals surface area contributed by atoms with Crippen LogP contribution in [0, 0.1) is 10.2 Å². The first-order chi connectivity index (χ1) is 5.85. The normalized spacial score (nSPS) is 10.7. The van der Waals surface area contributed by atoms with Crippen molar-refractivity contribution in [3.63, 3.8) is 0 Å². The lowest BCUT2D eigenvalue weighted by Gasteiger charge is -2.17. The lowest BCUT2D eigenvalue weighted by atomic mass is 10.8. The molecule has 0 saturated carbocycles. The third-order valence-electron chi connectivity index (χ3n) is 1.17. The fourth-order valence-electron chi connectivity index (χ4n) is 0.606. The zero-order valence-electron chi connectivity index (χ0n) is 7.82. The molecule has 0 aromatic heterocycles. The first kappa shape index (κ1) is 15.7. The fraction of sp³-hybridized carbons (Fsp3) is 0.714. The second kappa shape index (κ2) is 8.80. The van der Waals surface area contributed by atoms with E-state index in [2.05, 4.69) is 20.4 Å². The molecule has 0 heterocycles. The maximum atomic E-state index is 8.49. The summed E-state index contributed by atoms with van der Waals surface area (Å²) in [5.41, 5.74) is 0. The van der Waals surface area contributed by atoms with E-state index in [0.717, 1.165) is 0 Å². The molecule has 6 heteroatoms. The minimum absolute atomic E-state index is 0.644. The molecule has 0 fully saturated rings. The van der Waals surface area contributed by atoms with E-state index in [4.69, 9.17) is 18.6 Å². The molecule has 0 saturated heterocycles. The molecule has 0 amide bonds. The van der Waals surface area contributed by atoms with Gasteiger partial charge in [0.15, 0.2) is 0 Å². The van der Waals surface area contributed by atoms with Gasteiger partial charge in [0.05, 0.1) is 0 Å². The summed E-state index contributed by atoms with van der Waals surface area (Å²) in [7, 11) is -4.30. The van der Waals surface area contributed by atoms with E-state index in [0.29, 0.717) is 10.9 Å². The Morgan fingerprint density at radius 1 is 1.15 bits per heavy atom. The molecular formula is C7H15ClO4S. The van der Waals surface area contributed by atoms with Gasteiger partial charge in [0.25, 0.3) is 0 Å². The van der Waals surface area contributed by atoms with Crippen LogP contribution < -0.4 is 18.6 Å². The molecular weight excluding hydrogens is 216 g/mol. The van der Waals surface area contributed by atoms with Crippen LogP contribution in [0.2, 0.25) is 0 Å². The zero-order chi connectivity index (χ0) is 10.9. The molecule has 0 rings (SSSR count). The fourth-order valence-corrected chi connectivity index (χ4v) is 1.82. The predicted molar refractivity (Wildman–Crippen MR) is 43.5 cm³/mol. The van der Waals surface area contributed by atoms with Gasteiger partial charge in [-0.3, -0.25) is 0 Å². The van der Waals surface area contributed by atoms with E-state index in [-0.39, 0.29) is 0 Å². The van der Waals surface area contributed by atoms with Crippen LogP contribution >= 0.6 is 0 Å². The highest BCUT2D eigenvalue weighted by atomic mass is 35.7. The molecule has 0 aliphatic rings. The van der Waals surface area contributed by atoms with Crippen molar-refractivity contribution in [2.45, 2.75) is 13.8 Å². The topological polar surface area (TPSA) is 92.2 Å².